The molecular formula is C17H23FN4OS2. The summed E-state index contributed by atoms with van der Waals surface area (Å²) in [4.78, 5) is 14.1. The summed E-state index contributed by atoms with van der Waals surface area (Å²) >= 11 is 2.83. The van der Waals surface area contributed by atoms with Crippen LogP contribution in [0.2, 0.25) is 0 Å². The van der Waals surface area contributed by atoms with Crippen molar-refractivity contribution in [2.24, 2.45) is 5.92 Å². The van der Waals surface area contributed by atoms with Crippen LogP contribution in [-0.4, -0.2) is 40.3 Å². The molecule has 0 saturated heterocycles. The average Bonchev–Trinajstić information content (AvgIpc) is 3.05. The number of carbonyl (C=O) groups is 1. The number of aromatic nitrogens is 2. The van der Waals surface area contributed by atoms with E-state index in [1.54, 1.807) is 24.1 Å². The van der Waals surface area contributed by atoms with E-state index < -0.39 is 0 Å². The summed E-state index contributed by atoms with van der Waals surface area (Å²) in [6, 6.07) is 6.10. The lowest BCUT2D eigenvalue weighted by Gasteiger charge is -2.25. The van der Waals surface area contributed by atoms with Gasteiger partial charge in [0, 0.05) is 13.6 Å². The molecule has 1 aromatic heterocycles. The highest BCUT2D eigenvalue weighted by Gasteiger charge is 2.18. The molecule has 5 nitrogen and oxygen atoms in total. The molecule has 0 saturated carbocycles. The molecule has 25 heavy (non-hydrogen) atoms. The summed E-state index contributed by atoms with van der Waals surface area (Å²) in [5.74, 6) is 0.538. The number of amides is 1. The average molecular weight is 383 g/mol. The highest BCUT2D eigenvalue weighted by atomic mass is 32.2. The quantitative estimate of drug-likeness (QED) is 0.698. The van der Waals surface area contributed by atoms with E-state index in [4.69, 9.17) is 0 Å². The maximum atomic E-state index is 13.0. The molecule has 1 aromatic carbocycles. The molecule has 1 amide bonds. The van der Waals surface area contributed by atoms with E-state index in [1.165, 1.54) is 35.2 Å². The number of hydrogen-bond acceptors (Lipinski definition) is 6. The van der Waals surface area contributed by atoms with E-state index in [-0.39, 0.29) is 17.8 Å². The van der Waals surface area contributed by atoms with Crippen LogP contribution in [-0.2, 0) is 4.79 Å². The zero-order chi connectivity index (χ0) is 18.4. The van der Waals surface area contributed by atoms with Gasteiger partial charge in [0.15, 0.2) is 4.34 Å². The number of thioether (sulfide) groups is 1. The van der Waals surface area contributed by atoms with E-state index in [0.717, 1.165) is 21.6 Å². The largest absolute Gasteiger partial charge is 0.360 e. The van der Waals surface area contributed by atoms with Gasteiger partial charge in [-0.1, -0.05) is 49.1 Å². The van der Waals surface area contributed by atoms with Crippen LogP contribution in [0.1, 0.15) is 32.4 Å². The molecule has 136 valence electrons. The fraction of sp³-hybridized carbons (Fsp3) is 0.471. The van der Waals surface area contributed by atoms with Gasteiger partial charge in [-0.15, -0.1) is 10.2 Å². The maximum absolute atomic E-state index is 13.0. The number of hydrogen-bond donors (Lipinski definition) is 1. The monoisotopic (exact) mass is 382 g/mol. The van der Waals surface area contributed by atoms with Gasteiger partial charge < -0.3 is 10.2 Å². The molecule has 1 atom stereocenters. The van der Waals surface area contributed by atoms with E-state index in [9.17, 15) is 9.18 Å². The number of nitrogens with one attached hydrogen (secondary N) is 1. The SMILES string of the molecule is CC(C)CNc1nnc(SCC(=O)N(C)C(C)c2ccc(F)cc2)s1. The van der Waals surface area contributed by atoms with E-state index >= 15 is 0 Å². The van der Waals surface area contributed by atoms with E-state index in [0.29, 0.717) is 11.7 Å². The normalized spacial score (nSPS) is 12.2. The zero-order valence-electron chi connectivity index (χ0n) is 14.8. The second-order valence-corrected chi connectivity index (χ2v) is 8.37. The Bertz CT molecular complexity index is 690. The number of rotatable bonds is 8. The molecule has 0 bridgehead atoms. The van der Waals surface area contributed by atoms with Crippen molar-refractivity contribution in [1.82, 2.24) is 15.1 Å². The van der Waals surface area contributed by atoms with Gasteiger partial charge in [0.2, 0.25) is 11.0 Å². The molecule has 8 heteroatoms. The number of benzene rings is 1. The minimum atomic E-state index is -0.279. The summed E-state index contributed by atoms with van der Waals surface area (Å²) < 4.78 is 13.8. The summed E-state index contributed by atoms with van der Waals surface area (Å²) in [6.45, 7) is 7.02. The molecule has 1 N–H and O–H groups in total. The smallest absolute Gasteiger partial charge is 0.233 e. The molecule has 0 spiro atoms. The van der Waals surface area contributed by atoms with Gasteiger partial charge in [0.25, 0.3) is 0 Å². The van der Waals surface area contributed by atoms with Crippen molar-refractivity contribution >= 4 is 34.1 Å². The fourth-order valence-electron chi connectivity index (χ4n) is 2.04. The molecule has 0 fully saturated rings. The lowest BCUT2D eigenvalue weighted by atomic mass is 10.1. The second-order valence-electron chi connectivity index (χ2n) is 6.17. The van der Waals surface area contributed by atoms with Crippen molar-refractivity contribution in [2.75, 3.05) is 24.7 Å². The van der Waals surface area contributed by atoms with Crippen molar-refractivity contribution in [3.05, 3.63) is 35.6 Å². The highest BCUT2D eigenvalue weighted by Crippen LogP contribution is 2.27. The molecule has 0 radical (unpaired) electrons. The molecule has 0 aliphatic carbocycles. The summed E-state index contributed by atoms with van der Waals surface area (Å²) in [6.07, 6.45) is 0. The summed E-state index contributed by atoms with van der Waals surface area (Å²) in [7, 11) is 1.76. The van der Waals surface area contributed by atoms with Crippen molar-refractivity contribution in [3.8, 4) is 0 Å². The van der Waals surface area contributed by atoms with Crippen LogP contribution in [0.4, 0.5) is 9.52 Å². The van der Waals surface area contributed by atoms with Gasteiger partial charge in [-0.25, -0.2) is 4.39 Å². The predicted octanol–water partition coefficient (Wildman–Crippen LogP) is 4.06. The topological polar surface area (TPSA) is 58.1 Å². The predicted molar refractivity (Wildman–Crippen MR) is 102 cm³/mol. The van der Waals surface area contributed by atoms with Crippen molar-refractivity contribution in [1.29, 1.82) is 0 Å². The van der Waals surface area contributed by atoms with Crippen molar-refractivity contribution in [2.45, 2.75) is 31.2 Å². The Morgan fingerprint density at radius 3 is 2.60 bits per heavy atom. The van der Waals surface area contributed by atoms with Crippen LogP contribution in [0.5, 0.6) is 0 Å². The molecule has 1 heterocycles. The van der Waals surface area contributed by atoms with Crippen LogP contribution in [0.15, 0.2) is 28.6 Å². The van der Waals surface area contributed by atoms with Crippen molar-refractivity contribution < 1.29 is 9.18 Å². The number of nitrogens with zero attached hydrogens (tertiary/aromatic N) is 3. The van der Waals surface area contributed by atoms with Gasteiger partial charge in [-0.2, -0.15) is 0 Å². The van der Waals surface area contributed by atoms with Crippen LogP contribution < -0.4 is 5.32 Å². The Hall–Kier alpha value is -1.67. The first-order valence-electron chi connectivity index (χ1n) is 8.08. The van der Waals surface area contributed by atoms with Gasteiger partial charge in [-0.3, -0.25) is 4.79 Å². The molecular weight excluding hydrogens is 359 g/mol. The van der Waals surface area contributed by atoms with Crippen LogP contribution in [0, 0.1) is 11.7 Å². The lowest BCUT2D eigenvalue weighted by Crippen LogP contribution is -2.31. The van der Waals surface area contributed by atoms with Crippen LogP contribution in [0.3, 0.4) is 0 Å². The molecule has 2 aromatic rings. The standard InChI is InChI=1S/C17H23FN4OS2/c1-11(2)9-19-16-20-21-17(25-16)24-10-15(23)22(4)12(3)13-5-7-14(18)8-6-13/h5-8,11-12H,9-10H2,1-4H3,(H,19,20). The lowest BCUT2D eigenvalue weighted by molar-refractivity contribution is -0.128. The minimum Gasteiger partial charge on any atom is -0.360 e. The zero-order valence-corrected chi connectivity index (χ0v) is 16.5. The van der Waals surface area contributed by atoms with Crippen LogP contribution >= 0.6 is 23.1 Å². The van der Waals surface area contributed by atoms with Crippen LogP contribution in [0.25, 0.3) is 0 Å². The number of halogens is 1. The summed E-state index contributed by atoms with van der Waals surface area (Å²) in [5, 5.41) is 12.2. The van der Waals surface area contributed by atoms with Gasteiger partial charge in [-0.05, 0) is 30.5 Å². The Morgan fingerprint density at radius 1 is 1.28 bits per heavy atom. The third-order valence-corrected chi connectivity index (χ3v) is 5.71. The van der Waals surface area contributed by atoms with Crippen molar-refractivity contribution in [3.63, 3.8) is 0 Å². The van der Waals surface area contributed by atoms with E-state index in [2.05, 4.69) is 29.4 Å². The fourth-order valence-corrected chi connectivity index (χ4v) is 3.72. The molecule has 2 rings (SSSR count). The first-order valence-corrected chi connectivity index (χ1v) is 9.88. The van der Waals surface area contributed by atoms with Gasteiger partial charge in [0.05, 0.1) is 11.8 Å². The first kappa shape index (κ1) is 19.7. The molecule has 0 aliphatic heterocycles. The number of carbonyl (C=O) groups excluding carboxylic acids is 1. The Balaban J connectivity index is 1.85. The highest BCUT2D eigenvalue weighted by molar-refractivity contribution is 8.01. The van der Waals surface area contributed by atoms with E-state index in [1.807, 2.05) is 6.92 Å². The third kappa shape index (κ3) is 5.97. The Morgan fingerprint density at radius 2 is 1.96 bits per heavy atom. The molecule has 1 unspecified atom stereocenters. The van der Waals surface area contributed by atoms with Gasteiger partial charge >= 0.3 is 0 Å². The third-order valence-electron chi connectivity index (χ3n) is 3.71. The maximum Gasteiger partial charge on any atom is 0.233 e. The molecule has 0 aliphatic rings. The number of anilines is 1. The first-order chi connectivity index (χ1) is 11.9. The minimum absolute atomic E-state index is 0.00582. The summed E-state index contributed by atoms with van der Waals surface area (Å²) in [5.41, 5.74) is 0.901. The second kappa shape index (κ2) is 9.15. The Labute approximate surface area is 156 Å². The Kier molecular flexibility index (Phi) is 7.19. The van der Waals surface area contributed by atoms with Gasteiger partial charge in [0.1, 0.15) is 5.82 Å².